The Bertz CT molecular complexity index is 1130. The zero-order chi connectivity index (χ0) is 21.3. The van der Waals surface area contributed by atoms with E-state index in [0.29, 0.717) is 32.8 Å². The van der Waals surface area contributed by atoms with Crippen LogP contribution in [0.4, 0.5) is 10.8 Å². The minimum atomic E-state index is -0.331. The molecule has 1 saturated heterocycles. The van der Waals surface area contributed by atoms with Gasteiger partial charge in [0, 0.05) is 45.9 Å². The van der Waals surface area contributed by atoms with E-state index in [1.807, 2.05) is 0 Å². The predicted molar refractivity (Wildman–Crippen MR) is 118 cm³/mol. The molecule has 2 aromatic carbocycles. The lowest BCUT2D eigenvalue weighted by molar-refractivity contribution is -0.121. The maximum atomic E-state index is 12.5. The lowest BCUT2D eigenvalue weighted by Gasteiger charge is -2.13. The Morgan fingerprint density at radius 3 is 2.47 bits per heavy atom. The van der Waals surface area contributed by atoms with Crippen LogP contribution in [0.5, 0.6) is 0 Å². The molecule has 6 nitrogen and oxygen atoms in total. The molecular formula is C21H15Cl2N3O3S. The molecule has 0 bridgehead atoms. The topological polar surface area (TPSA) is 79.4 Å². The van der Waals surface area contributed by atoms with Crippen LogP contribution in [-0.2, 0) is 16.0 Å². The first kappa shape index (κ1) is 20.5. The molecular weight excluding hydrogens is 445 g/mol. The Morgan fingerprint density at radius 1 is 1.07 bits per heavy atom. The number of aromatic nitrogens is 1. The Kier molecular flexibility index (Phi) is 5.85. The summed E-state index contributed by atoms with van der Waals surface area (Å²) >= 11 is 13.6. The third kappa shape index (κ3) is 4.38. The molecule has 0 atom stereocenters. The van der Waals surface area contributed by atoms with E-state index in [0.717, 1.165) is 15.3 Å². The highest BCUT2D eigenvalue weighted by Crippen LogP contribution is 2.27. The largest absolute Gasteiger partial charge is 0.298 e. The second-order valence-electron chi connectivity index (χ2n) is 6.67. The summed E-state index contributed by atoms with van der Waals surface area (Å²) in [7, 11) is 0. The molecule has 2 heterocycles. The number of halogens is 2. The normalized spacial score (nSPS) is 13.7. The van der Waals surface area contributed by atoms with Gasteiger partial charge in [0.1, 0.15) is 0 Å². The summed E-state index contributed by atoms with van der Waals surface area (Å²) in [4.78, 5) is 42.5. The summed E-state index contributed by atoms with van der Waals surface area (Å²) in [6.45, 7) is 0. The van der Waals surface area contributed by atoms with Gasteiger partial charge >= 0.3 is 0 Å². The number of rotatable bonds is 5. The van der Waals surface area contributed by atoms with Gasteiger partial charge in [-0.3, -0.25) is 24.6 Å². The van der Waals surface area contributed by atoms with Crippen LogP contribution in [0.1, 0.15) is 33.6 Å². The van der Waals surface area contributed by atoms with Gasteiger partial charge in [-0.2, -0.15) is 0 Å². The first-order valence-electron chi connectivity index (χ1n) is 9.06. The van der Waals surface area contributed by atoms with E-state index in [2.05, 4.69) is 10.3 Å². The third-order valence-electron chi connectivity index (χ3n) is 4.59. The highest BCUT2D eigenvalue weighted by Gasteiger charge is 2.30. The molecule has 152 valence electrons. The molecule has 0 radical (unpaired) electrons. The first-order valence-corrected chi connectivity index (χ1v) is 10.6. The van der Waals surface area contributed by atoms with Crippen LogP contribution in [0.15, 0.2) is 48.7 Å². The van der Waals surface area contributed by atoms with E-state index < -0.39 is 0 Å². The maximum Gasteiger partial charge on any atom is 0.257 e. The van der Waals surface area contributed by atoms with Gasteiger partial charge in [-0.1, -0.05) is 23.2 Å². The standard InChI is InChI=1S/C21H15Cl2N3O3S/c22-14-3-6-17(23)13(9-14)10-16-11-24-21(30-16)25-20(29)12-1-4-15(5-2-12)26-18(27)7-8-19(26)28/h1-6,9,11H,7-8,10H2,(H,24,25,29). The van der Waals surface area contributed by atoms with Crippen LogP contribution in [-0.4, -0.2) is 22.7 Å². The van der Waals surface area contributed by atoms with Crippen LogP contribution in [0.3, 0.4) is 0 Å². The number of nitrogens with one attached hydrogen (secondary N) is 1. The van der Waals surface area contributed by atoms with Crippen molar-refractivity contribution >= 4 is 63.1 Å². The van der Waals surface area contributed by atoms with Gasteiger partial charge in [0.15, 0.2) is 5.13 Å². The molecule has 1 fully saturated rings. The van der Waals surface area contributed by atoms with Gasteiger partial charge in [-0.25, -0.2) is 4.98 Å². The van der Waals surface area contributed by atoms with Crippen LogP contribution in [0.25, 0.3) is 0 Å². The van der Waals surface area contributed by atoms with Crippen molar-refractivity contribution in [3.63, 3.8) is 0 Å². The summed E-state index contributed by atoms with van der Waals surface area (Å²) in [5, 5.41) is 4.44. The van der Waals surface area contributed by atoms with Crippen molar-refractivity contribution in [2.45, 2.75) is 19.3 Å². The zero-order valence-electron chi connectivity index (χ0n) is 15.5. The molecule has 30 heavy (non-hydrogen) atoms. The molecule has 3 amide bonds. The fourth-order valence-corrected chi connectivity index (χ4v) is 4.32. The molecule has 0 spiro atoms. The Labute approximate surface area is 186 Å². The molecule has 0 saturated carbocycles. The minimum Gasteiger partial charge on any atom is -0.298 e. The number of benzene rings is 2. The number of hydrogen-bond donors (Lipinski definition) is 1. The predicted octanol–water partition coefficient (Wildman–Crippen LogP) is 4.95. The average Bonchev–Trinajstić information content (AvgIpc) is 3.30. The Hall–Kier alpha value is -2.74. The maximum absolute atomic E-state index is 12.5. The highest BCUT2D eigenvalue weighted by atomic mass is 35.5. The van der Waals surface area contributed by atoms with Gasteiger partial charge in [0.25, 0.3) is 5.91 Å². The number of imide groups is 1. The average molecular weight is 460 g/mol. The quantitative estimate of drug-likeness (QED) is 0.547. The molecule has 0 aliphatic carbocycles. The summed E-state index contributed by atoms with van der Waals surface area (Å²) in [5.74, 6) is -0.790. The van der Waals surface area contributed by atoms with Crippen molar-refractivity contribution in [3.05, 3.63) is 74.7 Å². The van der Waals surface area contributed by atoms with Gasteiger partial charge in [0.2, 0.25) is 11.8 Å². The van der Waals surface area contributed by atoms with E-state index in [1.165, 1.54) is 11.3 Å². The molecule has 4 rings (SSSR count). The SMILES string of the molecule is O=C(Nc1ncc(Cc2cc(Cl)ccc2Cl)s1)c1ccc(N2C(=O)CCC2=O)cc1. The number of hydrogen-bond acceptors (Lipinski definition) is 5. The number of carbonyl (C=O) groups is 3. The fraction of sp³-hybridized carbons (Fsp3) is 0.143. The van der Waals surface area contributed by atoms with E-state index in [-0.39, 0.29) is 30.6 Å². The Balaban J connectivity index is 1.42. The van der Waals surface area contributed by atoms with Crippen LogP contribution < -0.4 is 10.2 Å². The van der Waals surface area contributed by atoms with E-state index in [4.69, 9.17) is 23.2 Å². The van der Waals surface area contributed by atoms with Crippen molar-refractivity contribution in [2.24, 2.45) is 0 Å². The Morgan fingerprint density at radius 2 is 1.77 bits per heavy atom. The molecule has 1 aromatic heterocycles. The summed E-state index contributed by atoms with van der Waals surface area (Å²) < 4.78 is 0. The second-order valence-corrected chi connectivity index (χ2v) is 8.63. The van der Waals surface area contributed by atoms with Crippen LogP contribution >= 0.6 is 34.5 Å². The van der Waals surface area contributed by atoms with E-state index >= 15 is 0 Å². The first-order chi connectivity index (χ1) is 14.4. The number of thiazole rings is 1. The fourth-order valence-electron chi connectivity index (χ4n) is 3.11. The molecule has 1 N–H and O–H groups in total. The highest BCUT2D eigenvalue weighted by molar-refractivity contribution is 7.15. The van der Waals surface area contributed by atoms with Crippen molar-refractivity contribution < 1.29 is 14.4 Å². The van der Waals surface area contributed by atoms with Crippen LogP contribution in [0.2, 0.25) is 10.0 Å². The van der Waals surface area contributed by atoms with Gasteiger partial charge in [-0.05, 0) is 48.0 Å². The molecule has 1 aliphatic rings. The minimum absolute atomic E-state index is 0.216. The second kappa shape index (κ2) is 8.55. The third-order valence-corrected chi connectivity index (χ3v) is 6.10. The van der Waals surface area contributed by atoms with Crippen molar-refractivity contribution in [2.75, 3.05) is 10.2 Å². The monoisotopic (exact) mass is 459 g/mol. The van der Waals surface area contributed by atoms with E-state index in [1.54, 1.807) is 48.7 Å². The smallest absolute Gasteiger partial charge is 0.257 e. The zero-order valence-corrected chi connectivity index (χ0v) is 17.9. The molecule has 1 aliphatic heterocycles. The lowest BCUT2D eigenvalue weighted by Crippen LogP contribution is -2.28. The number of nitrogens with zero attached hydrogens (tertiary/aromatic N) is 2. The van der Waals surface area contributed by atoms with Gasteiger partial charge in [0.05, 0.1) is 5.69 Å². The molecule has 3 aromatic rings. The van der Waals surface area contributed by atoms with Crippen molar-refractivity contribution in [1.29, 1.82) is 0 Å². The summed E-state index contributed by atoms with van der Waals surface area (Å²) in [6.07, 6.45) is 2.67. The number of carbonyl (C=O) groups excluding carboxylic acids is 3. The number of amides is 3. The van der Waals surface area contributed by atoms with Crippen molar-refractivity contribution in [3.8, 4) is 0 Å². The van der Waals surface area contributed by atoms with Crippen molar-refractivity contribution in [1.82, 2.24) is 4.98 Å². The molecule has 9 heteroatoms. The van der Waals surface area contributed by atoms with E-state index in [9.17, 15) is 14.4 Å². The summed E-state index contributed by atoms with van der Waals surface area (Å²) in [6, 6.07) is 11.6. The number of anilines is 2. The van der Waals surface area contributed by atoms with Gasteiger partial charge in [-0.15, -0.1) is 11.3 Å². The van der Waals surface area contributed by atoms with Gasteiger partial charge < -0.3 is 0 Å². The molecule has 0 unspecified atom stereocenters. The summed E-state index contributed by atoms with van der Waals surface area (Å²) in [5.41, 5.74) is 1.74. The lowest BCUT2D eigenvalue weighted by atomic mass is 10.1. The van der Waals surface area contributed by atoms with Crippen LogP contribution in [0, 0.1) is 0 Å².